The summed E-state index contributed by atoms with van der Waals surface area (Å²) in [6.45, 7) is 1.69. The van der Waals surface area contributed by atoms with Gasteiger partial charge in [-0.3, -0.25) is 9.59 Å². The number of halogens is 1. The molecule has 116 valence electrons. The molecule has 0 spiro atoms. The fraction of sp³-hybridized carbons (Fsp3) is 0.267. The van der Waals surface area contributed by atoms with Crippen LogP contribution in [0.5, 0.6) is 0 Å². The van der Waals surface area contributed by atoms with Crippen LogP contribution in [0.3, 0.4) is 0 Å². The molecule has 0 aliphatic carbocycles. The van der Waals surface area contributed by atoms with E-state index in [1.165, 1.54) is 13.2 Å². The summed E-state index contributed by atoms with van der Waals surface area (Å²) in [5, 5.41) is 0.545. The van der Waals surface area contributed by atoms with Crippen LogP contribution in [0.1, 0.15) is 21.7 Å². The predicted molar refractivity (Wildman–Crippen MR) is 79.3 cm³/mol. The van der Waals surface area contributed by atoms with Crippen LogP contribution in [-0.2, 0) is 20.7 Å². The van der Waals surface area contributed by atoms with E-state index in [9.17, 15) is 14.4 Å². The van der Waals surface area contributed by atoms with E-state index in [-0.39, 0.29) is 22.3 Å². The Labute approximate surface area is 130 Å². The molecule has 2 aromatic rings. The van der Waals surface area contributed by atoms with Crippen LogP contribution in [0.15, 0.2) is 21.3 Å². The van der Waals surface area contributed by atoms with Gasteiger partial charge in [-0.25, -0.2) is 4.79 Å². The Hall–Kier alpha value is -2.34. The standard InChI is InChI=1S/C15H13ClO6/c1-7-4-8(16)5-9-12(18)10(6-11(17)20-2)14(15(19)21-3)22-13(7)9/h4-5H,6H2,1-3H3. The molecule has 0 aliphatic heterocycles. The molecule has 2 rings (SSSR count). The van der Waals surface area contributed by atoms with E-state index in [0.717, 1.165) is 7.11 Å². The van der Waals surface area contributed by atoms with Gasteiger partial charge >= 0.3 is 11.9 Å². The van der Waals surface area contributed by atoms with Crippen LogP contribution >= 0.6 is 11.6 Å². The van der Waals surface area contributed by atoms with Gasteiger partial charge in [0, 0.05) is 5.02 Å². The number of carbonyl (C=O) groups excluding carboxylic acids is 2. The molecule has 1 aromatic carbocycles. The second-order valence-electron chi connectivity index (χ2n) is 4.58. The van der Waals surface area contributed by atoms with Crippen LogP contribution in [0.2, 0.25) is 5.02 Å². The fourth-order valence-electron chi connectivity index (χ4n) is 2.10. The summed E-state index contributed by atoms with van der Waals surface area (Å²) >= 11 is 5.95. The highest BCUT2D eigenvalue weighted by Crippen LogP contribution is 2.24. The minimum atomic E-state index is -0.841. The lowest BCUT2D eigenvalue weighted by molar-refractivity contribution is -0.139. The SMILES string of the molecule is COC(=O)Cc1c(C(=O)OC)oc2c(C)cc(Cl)cc2c1=O. The molecule has 0 fully saturated rings. The molecule has 7 heteroatoms. The Morgan fingerprint density at radius 1 is 1.23 bits per heavy atom. The van der Waals surface area contributed by atoms with Gasteiger partial charge in [0.15, 0.2) is 5.43 Å². The number of aryl methyl sites for hydroxylation is 1. The number of hydrogen-bond acceptors (Lipinski definition) is 6. The lowest BCUT2D eigenvalue weighted by atomic mass is 10.1. The molecular weight excluding hydrogens is 312 g/mol. The largest absolute Gasteiger partial charge is 0.469 e. The fourth-order valence-corrected chi connectivity index (χ4v) is 2.37. The number of ether oxygens (including phenoxy) is 2. The Morgan fingerprint density at radius 2 is 1.91 bits per heavy atom. The first-order valence-corrected chi connectivity index (χ1v) is 6.67. The summed E-state index contributed by atoms with van der Waals surface area (Å²) in [6.07, 6.45) is -0.398. The van der Waals surface area contributed by atoms with E-state index >= 15 is 0 Å². The number of hydrogen-bond donors (Lipinski definition) is 0. The van der Waals surface area contributed by atoms with Crippen molar-refractivity contribution in [3.8, 4) is 0 Å². The Bertz CT molecular complexity index is 821. The molecule has 0 saturated carbocycles. The summed E-state index contributed by atoms with van der Waals surface area (Å²) in [5.74, 6) is -1.82. The van der Waals surface area contributed by atoms with Crippen molar-refractivity contribution in [2.75, 3.05) is 14.2 Å². The lowest BCUT2D eigenvalue weighted by Crippen LogP contribution is -2.21. The van der Waals surface area contributed by atoms with E-state index in [1.807, 2.05) is 0 Å². The molecule has 0 saturated heterocycles. The second kappa shape index (κ2) is 6.19. The van der Waals surface area contributed by atoms with Crippen molar-refractivity contribution in [1.82, 2.24) is 0 Å². The van der Waals surface area contributed by atoms with Gasteiger partial charge in [0.05, 0.1) is 31.6 Å². The molecule has 0 N–H and O–H groups in total. The first-order chi connectivity index (χ1) is 10.4. The Morgan fingerprint density at radius 3 is 2.50 bits per heavy atom. The van der Waals surface area contributed by atoms with Crippen molar-refractivity contribution in [1.29, 1.82) is 0 Å². The van der Waals surface area contributed by atoms with Crippen molar-refractivity contribution < 1.29 is 23.5 Å². The lowest BCUT2D eigenvalue weighted by Gasteiger charge is -2.09. The quantitative estimate of drug-likeness (QED) is 0.805. The van der Waals surface area contributed by atoms with Gasteiger partial charge in [-0.05, 0) is 24.6 Å². The first kappa shape index (κ1) is 16.0. The number of carbonyl (C=O) groups is 2. The molecule has 0 amide bonds. The highest BCUT2D eigenvalue weighted by atomic mass is 35.5. The van der Waals surface area contributed by atoms with Crippen LogP contribution in [0, 0.1) is 6.92 Å². The third kappa shape index (κ3) is 2.82. The molecular formula is C15H13ClO6. The smallest absolute Gasteiger partial charge is 0.374 e. The zero-order valence-corrected chi connectivity index (χ0v) is 12.9. The van der Waals surface area contributed by atoms with Crippen LogP contribution in [0.25, 0.3) is 11.0 Å². The maximum atomic E-state index is 12.6. The normalized spacial score (nSPS) is 10.5. The van der Waals surface area contributed by atoms with Crippen LogP contribution in [0.4, 0.5) is 0 Å². The predicted octanol–water partition coefficient (Wildman–Crippen LogP) is 2.26. The molecule has 1 heterocycles. The van der Waals surface area contributed by atoms with Gasteiger partial charge in [0.25, 0.3) is 0 Å². The average Bonchev–Trinajstić information content (AvgIpc) is 2.49. The monoisotopic (exact) mass is 324 g/mol. The maximum Gasteiger partial charge on any atom is 0.374 e. The average molecular weight is 325 g/mol. The van der Waals surface area contributed by atoms with Gasteiger partial charge in [0.1, 0.15) is 5.58 Å². The Kier molecular flexibility index (Phi) is 4.51. The van der Waals surface area contributed by atoms with Gasteiger partial charge in [-0.2, -0.15) is 0 Å². The van der Waals surface area contributed by atoms with Crippen molar-refractivity contribution in [3.05, 3.63) is 44.3 Å². The highest BCUT2D eigenvalue weighted by molar-refractivity contribution is 6.31. The second-order valence-corrected chi connectivity index (χ2v) is 5.02. The van der Waals surface area contributed by atoms with E-state index < -0.39 is 23.8 Å². The molecule has 22 heavy (non-hydrogen) atoms. The molecule has 0 atom stereocenters. The van der Waals surface area contributed by atoms with Gasteiger partial charge in [0.2, 0.25) is 5.76 Å². The molecule has 0 bridgehead atoms. The van der Waals surface area contributed by atoms with Crippen LogP contribution in [-0.4, -0.2) is 26.2 Å². The van der Waals surface area contributed by atoms with E-state index in [0.29, 0.717) is 10.6 Å². The third-order valence-corrected chi connectivity index (χ3v) is 3.37. The molecule has 0 unspecified atom stereocenters. The van der Waals surface area contributed by atoms with Crippen molar-refractivity contribution >= 4 is 34.5 Å². The van der Waals surface area contributed by atoms with Gasteiger partial charge < -0.3 is 13.9 Å². The number of rotatable bonds is 3. The van der Waals surface area contributed by atoms with E-state index in [1.54, 1.807) is 13.0 Å². The third-order valence-electron chi connectivity index (χ3n) is 3.16. The van der Waals surface area contributed by atoms with Crippen LogP contribution < -0.4 is 5.43 Å². The van der Waals surface area contributed by atoms with Crippen molar-refractivity contribution in [2.45, 2.75) is 13.3 Å². The van der Waals surface area contributed by atoms with Gasteiger partial charge in [-0.1, -0.05) is 11.6 Å². The minimum absolute atomic E-state index is 0.118. The summed E-state index contributed by atoms with van der Waals surface area (Å²) in [7, 11) is 2.34. The zero-order chi connectivity index (χ0) is 16.4. The number of methoxy groups -OCH3 is 2. The molecule has 1 aromatic heterocycles. The molecule has 6 nitrogen and oxygen atoms in total. The number of fused-ring (bicyclic) bond motifs is 1. The zero-order valence-electron chi connectivity index (χ0n) is 12.2. The minimum Gasteiger partial charge on any atom is -0.469 e. The molecule has 0 radical (unpaired) electrons. The van der Waals surface area contributed by atoms with Crippen molar-refractivity contribution in [3.63, 3.8) is 0 Å². The van der Waals surface area contributed by atoms with E-state index in [2.05, 4.69) is 9.47 Å². The Balaban J connectivity index is 2.84. The highest BCUT2D eigenvalue weighted by Gasteiger charge is 2.24. The summed E-state index contributed by atoms with van der Waals surface area (Å²) < 4.78 is 14.7. The number of benzene rings is 1. The van der Waals surface area contributed by atoms with Crippen molar-refractivity contribution in [2.24, 2.45) is 0 Å². The van der Waals surface area contributed by atoms with Gasteiger partial charge in [-0.15, -0.1) is 0 Å². The summed E-state index contributed by atoms with van der Waals surface area (Å²) in [4.78, 5) is 35.9. The first-order valence-electron chi connectivity index (χ1n) is 6.30. The maximum absolute atomic E-state index is 12.6. The molecule has 0 aliphatic rings. The summed E-state index contributed by atoms with van der Waals surface area (Å²) in [6, 6.07) is 3.03. The topological polar surface area (TPSA) is 82.8 Å². The summed E-state index contributed by atoms with van der Waals surface area (Å²) in [5.41, 5.74) is 0.184. The number of esters is 2. The van der Waals surface area contributed by atoms with E-state index in [4.69, 9.17) is 16.0 Å².